The van der Waals surface area contributed by atoms with Crippen LogP contribution in [0.25, 0.3) is 22.3 Å². The molecule has 1 aromatic heterocycles. The van der Waals surface area contributed by atoms with E-state index in [1.807, 2.05) is 38.1 Å². The molecule has 0 aliphatic carbocycles. The van der Waals surface area contributed by atoms with Crippen molar-refractivity contribution in [3.63, 3.8) is 0 Å². The average Bonchev–Trinajstić information content (AvgIpc) is 3.14. The number of hydrogen-bond donors (Lipinski definition) is 1. The van der Waals surface area contributed by atoms with Crippen molar-refractivity contribution in [3.05, 3.63) is 53.1 Å². The third kappa shape index (κ3) is 5.27. The van der Waals surface area contributed by atoms with Gasteiger partial charge in [-0.25, -0.2) is 8.42 Å². The largest absolute Gasteiger partial charge is 0.455 e. The first-order valence-electron chi connectivity index (χ1n) is 11.7. The van der Waals surface area contributed by atoms with E-state index in [-0.39, 0.29) is 19.1 Å². The lowest BCUT2D eigenvalue weighted by atomic mass is 10.00. The van der Waals surface area contributed by atoms with E-state index in [0.29, 0.717) is 46.8 Å². The number of sulfonamides is 1. The SMILES string of the molecule is CNC(=O)c1c(-c2ccc(C)cc2)oc2cc3c(cc12)[C@H](C)O[C@H](COCCOC)CN3S(C)(=O)=O. The van der Waals surface area contributed by atoms with Gasteiger partial charge in [0.1, 0.15) is 17.4 Å². The molecular weight excluding hydrogens is 484 g/mol. The van der Waals surface area contributed by atoms with Crippen molar-refractivity contribution in [3.8, 4) is 11.3 Å². The maximum Gasteiger partial charge on any atom is 0.255 e. The van der Waals surface area contributed by atoms with E-state index < -0.39 is 22.2 Å². The lowest BCUT2D eigenvalue weighted by molar-refractivity contribution is -0.0503. The first kappa shape index (κ1) is 26.2. The van der Waals surface area contributed by atoms with Gasteiger partial charge in [-0.15, -0.1) is 0 Å². The van der Waals surface area contributed by atoms with Gasteiger partial charge in [-0.05, 0) is 19.9 Å². The van der Waals surface area contributed by atoms with Gasteiger partial charge in [0.2, 0.25) is 10.0 Å². The minimum absolute atomic E-state index is 0.0858. The van der Waals surface area contributed by atoms with Crippen LogP contribution in [0.15, 0.2) is 40.8 Å². The number of methoxy groups -OCH3 is 1. The lowest BCUT2D eigenvalue weighted by Crippen LogP contribution is -2.38. The third-order valence-corrected chi connectivity index (χ3v) is 7.36. The predicted molar refractivity (Wildman–Crippen MR) is 138 cm³/mol. The fourth-order valence-electron chi connectivity index (χ4n) is 4.40. The first-order valence-corrected chi connectivity index (χ1v) is 13.6. The second-order valence-corrected chi connectivity index (χ2v) is 10.8. The molecule has 4 rings (SSSR count). The van der Waals surface area contributed by atoms with Crippen LogP contribution in [0.4, 0.5) is 5.69 Å². The van der Waals surface area contributed by atoms with Crippen molar-refractivity contribution >= 4 is 32.6 Å². The number of aryl methyl sites for hydroxylation is 1. The summed E-state index contributed by atoms with van der Waals surface area (Å²) in [5, 5.41) is 3.28. The van der Waals surface area contributed by atoms with Crippen LogP contribution in [0, 0.1) is 6.92 Å². The molecular formula is C26H32N2O7S. The second kappa shape index (κ2) is 10.6. The number of anilines is 1. The maximum atomic E-state index is 13.0. The highest BCUT2D eigenvalue weighted by Crippen LogP contribution is 2.42. The molecule has 0 unspecified atom stereocenters. The summed E-state index contributed by atoms with van der Waals surface area (Å²) < 4.78 is 50.1. The molecule has 194 valence electrons. The van der Waals surface area contributed by atoms with Crippen LogP contribution in [-0.2, 0) is 24.2 Å². The van der Waals surface area contributed by atoms with Crippen molar-refractivity contribution in [2.24, 2.45) is 0 Å². The summed E-state index contributed by atoms with van der Waals surface area (Å²) in [6, 6.07) is 11.2. The molecule has 0 saturated heterocycles. The van der Waals surface area contributed by atoms with Crippen molar-refractivity contribution in [1.29, 1.82) is 0 Å². The number of furan rings is 1. The smallest absolute Gasteiger partial charge is 0.255 e. The Bertz CT molecular complexity index is 1350. The van der Waals surface area contributed by atoms with Crippen molar-refractivity contribution in [1.82, 2.24) is 5.32 Å². The molecule has 36 heavy (non-hydrogen) atoms. The fraction of sp³-hybridized carbons (Fsp3) is 0.423. The number of ether oxygens (including phenoxy) is 3. The standard InChI is InChI=1S/C26H32N2O7S/c1-16-6-8-18(9-7-16)25-24(26(29)27-3)21-12-20-17(2)34-19(15-33-11-10-32-4)14-28(36(5,30)31)22(20)13-23(21)35-25/h6-9,12-13,17,19H,10-11,14-15H2,1-5H3,(H,27,29)/t17-,19-/m0/s1. The summed E-state index contributed by atoms with van der Waals surface area (Å²) in [5.74, 6) is 0.129. The molecule has 9 nitrogen and oxygen atoms in total. The molecule has 0 fully saturated rings. The Balaban J connectivity index is 1.85. The fourth-order valence-corrected chi connectivity index (χ4v) is 5.35. The topological polar surface area (TPSA) is 107 Å². The summed E-state index contributed by atoms with van der Waals surface area (Å²) in [6.07, 6.45) is 0.213. The van der Waals surface area contributed by atoms with Crippen molar-refractivity contribution < 1.29 is 31.8 Å². The van der Waals surface area contributed by atoms with Gasteiger partial charge in [-0.2, -0.15) is 0 Å². The average molecular weight is 517 g/mol. The van der Waals surface area contributed by atoms with Crippen LogP contribution in [0.3, 0.4) is 0 Å². The summed E-state index contributed by atoms with van der Waals surface area (Å²) in [4.78, 5) is 13.0. The molecule has 0 saturated carbocycles. The number of carbonyl (C=O) groups is 1. The number of benzene rings is 2. The molecule has 2 atom stereocenters. The molecule has 0 spiro atoms. The van der Waals surface area contributed by atoms with Crippen LogP contribution < -0.4 is 9.62 Å². The van der Waals surface area contributed by atoms with Crippen molar-refractivity contribution in [2.45, 2.75) is 26.1 Å². The molecule has 10 heteroatoms. The van der Waals surface area contributed by atoms with Gasteiger partial charge < -0.3 is 23.9 Å². The Morgan fingerprint density at radius 3 is 2.56 bits per heavy atom. The normalized spacial score (nSPS) is 18.2. The van der Waals surface area contributed by atoms with E-state index in [4.69, 9.17) is 18.6 Å². The second-order valence-electron chi connectivity index (χ2n) is 8.92. The summed E-state index contributed by atoms with van der Waals surface area (Å²) >= 11 is 0. The molecule has 2 aromatic carbocycles. The highest BCUT2D eigenvalue weighted by Gasteiger charge is 2.34. The van der Waals surface area contributed by atoms with Crippen LogP contribution in [0.2, 0.25) is 0 Å². The van der Waals surface area contributed by atoms with Gasteiger partial charge in [0.05, 0.1) is 50.0 Å². The molecule has 0 radical (unpaired) electrons. The summed E-state index contributed by atoms with van der Waals surface area (Å²) in [7, 11) is -0.502. The predicted octanol–water partition coefficient (Wildman–Crippen LogP) is 3.66. The summed E-state index contributed by atoms with van der Waals surface area (Å²) in [6.45, 7) is 4.95. The van der Waals surface area contributed by atoms with Gasteiger partial charge in [0, 0.05) is 36.7 Å². The van der Waals surface area contributed by atoms with Crippen LogP contribution in [0.5, 0.6) is 0 Å². The number of hydrogen-bond acceptors (Lipinski definition) is 7. The number of amides is 1. The highest BCUT2D eigenvalue weighted by atomic mass is 32.2. The minimum atomic E-state index is -3.65. The third-order valence-electron chi connectivity index (χ3n) is 6.21. The molecule has 2 heterocycles. The molecule has 1 aliphatic heterocycles. The molecule has 0 bridgehead atoms. The van der Waals surface area contributed by atoms with Gasteiger partial charge >= 0.3 is 0 Å². The van der Waals surface area contributed by atoms with E-state index in [0.717, 1.165) is 17.4 Å². The number of rotatable bonds is 8. The van der Waals surface area contributed by atoms with Crippen LogP contribution in [0.1, 0.15) is 34.5 Å². The molecule has 3 aromatic rings. The van der Waals surface area contributed by atoms with Gasteiger partial charge in [0.25, 0.3) is 5.91 Å². The van der Waals surface area contributed by atoms with E-state index >= 15 is 0 Å². The Morgan fingerprint density at radius 1 is 1.19 bits per heavy atom. The number of nitrogens with one attached hydrogen (secondary N) is 1. The number of carbonyl (C=O) groups excluding carboxylic acids is 1. The maximum absolute atomic E-state index is 13.0. The first-order chi connectivity index (χ1) is 17.1. The zero-order chi connectivity index (χ0) is 26.0. The van der Waals surface area contributed by atoms with Gasteiger partial charge in [0.15, 0.2) is 0 Å². The number of fused-ring (bicyclic) bond motifs is 2. The van der Waals surface area contributed by atoms with Gasteiger partial charge in [-0.1, -0.05) is 29.8 Å². The molecule has 1 N–H and O–H groups in total. The Labute approximate surface area is 211 Å². The molecule has 1 amide bonds. The number of nitrogens with zero attached hydrogens (tertiary/aromatic N) is 1. The Hall–Kier alpha value is -2.92. The van der Waals surface area contributed by atoms with E-state index in [2.05, 4.69) is 5.32 Å². The Morgan fingerprint density at radius 2 is 1.92 bits per heavy atom. The Kier molecular flexibility index (Phi) is 7.70. The van der Waals surface area contributed by atoms with E-state index in [1.165, 1.54) is 4.31 Å². The zero-order valence-electron chi connectivity index (χ0n) is 21.2. The quantitative estimate of drug-likeness (QED) is 0.455. The van der Waals surface area contributed by atoms with Crippen LogP contribution in [-0.4, -0.2) is 67.2 Å². The van der Waals surface area contributed by atoms with E-state index in [1.54, 1.807) is 26.3 Å². The zero-order valence-corrected chi connectivity index (χ0v) is 22.0. The summed E-state index contributed by atoms with van der Waals surface area (Å²) in [5.41, 5.74) is 3.75. The van der Waals surface area contributed by atoms with Crippen molar-refractivity contribution in [2.75, 3.05) is 51.1 Å². The lowest BCUT2D eigenvalue weighted by Gasteiger charge is -2.24. The van der Waals surface area contributed by atoms with Crippen LogP contribution >= 0.6 is 0 Å². The molecule has 1 aliphatic rings. The monoisotopic (exact) mass is 516 g/mol. The minimum Gasteiger partial charge on any atom is -0.455 e. The van der Waals surface area contributed by atoms with E-state index in [9.17, 15) is 13.2 Å². The van der Waals surface area contributed by atoms with Gasteiger partial charge in [-0.3, -0.25) is 9.10 Å². The highest BCUT2D eigenvalue weighted by molar-refractivity contribution is 7.92.